The van der Waals surface area contributed by atoms with Gasteiger partial charge in [-0.15, -0.1) is 0 Å². The Morgan fingerprint density at radius 3 is 2.77 bits per heavy atom. The van der Waals surface area contributed by atoms with Gasteiger partial charge in [-0.1, -0.05) is 36.4 Å². The van der Waals surface area contributed by atoms with Crippen LogP contribution >= 0.6 is 0 Å². The number of aryl methyl sites for hydroxylation is 1. The smallest absolute Gasteiger partial charge is 0.177 e. The molecule has 2 aliphatic heterocycles. The second-order valence-corrected chi connectivity index (χ2v) is 11.6. The average Bonchev–Trinajstić information content (AvgIpc) is 3.63. The molecule has 5 heteroatoms. The van der Waals surface area contributed by atoms with E-state index in [0.29, 0.717) is 18.8 Å². The molecule has 7 rings (SSSR count). The van der Waals surface area contributed by atoms with Crippen molar-refractivity contribution in [2.45, 2.75) is 80.9 Å². The van der Waals surface area contributed by atoms with Gasteiger partial charge in [0.1, 0.15) is 0 Å². The van der Waals surface area contributed by atoms with Crippen LogP contribution in [-0.2, 0) is 27.8 Å². The molecule has 2 saturated carbocycles. The Morgan fingerprint density at radius 2 is 1.97 bits per heavy atom. The van der Waals surface area contributed by atoms with Crippen molar-refractivity contribution in [3.05, 3.63) is 59.2 Å². The van der Waals surface area contributed by atoms with Crippen molar-refractivity contribution in [3.63, 3.8) is 0 Å². The van der Waals surface area contributed by atoms with E-state index in [1.54, 1.807) is 6.07 Å². The number of benzene rings is 2. The first kappa shape index (κ1) is 21.9. The highest BCUT2D eigenvalue weighted by Gasteiger charge is 2.78. The Morgan fingerprint density at radius 1 is 1.14 bits per heavy atom. The third-order valence-corrected chi connectivity index (χ3v) is 9.92. The first-order valence-electron chi connectivity index (χ1n) is 13.5. The van der Waals surface area contributed by atoms with Crippen LogP contribution < -0.4 is 4.74 Å². The van der Waals surface area contributed by atoms with Crippen molar-refractivity contribution in [2.75, 3.05) is 19.7 Å². The third kappa shape index (κ3) is 2.85. The van der Waals surface area contributed by atoms with Crippen LogP contribution in [0.1, 0.15) is 62.1 Å². The van der Waals surface area contributed by atoms with Crippen LogP contribution in [0.2, 0.25) is 0 Å². The van der Waals surface area contributed by atoms with Crippen LogP contribution in [0.3, 0.4) is 0 Å². The minimum absolute atomic E-state index is 0.151. The number of hydrogen-bond donors (Lipinski definition) is 1. The van der Waals surface area contributed by atoms with Crippen molar-refractivity contribution in [3.8, 4) is 11.5 Å². The van der Waals surface area contributed by atoms with Gasteiger partial charge in [-0.2, -0.15) is 0 Å². The molecule has 5 nitrogen and oxygen atoms in total. The molecular formula is C30H35NO4. The summed E-state index contributed by atoms with van der Waals surface area (Å²) in [4.78, 5) is 16.3. The van der Waals surface area contributed by atoms with E-state index in [0.717, 1.165) is 56.7 Å². The Balaban J connectivity index is 1.31. The molecule has 2 aromatic rings. The maximum Gasteiger partial charge on any atom is 0.177 e. The molecule has 3 fully saturated rings. The number of nitrogens with zero attached hydrogens (tertiary/aromatic N) is 1. The largest absolute Gasteiger partial charge is 0.504 e. The quantitative estimate of drug-likeness (QED) is 0.597. The molecule has 35 heavy (non-hydrogen) atoms. The number of aromatic hydroxyl groups is 1. The summed E-state index contributed by atoms with van der Waals surface area (Å²) in [5.74, 6) is 1.64. The number of phenolic OH excluding ortho intramolecular Hbond substituents is 1. The Bertz CT molecular complexity index is 1180. The fourth-order valence-corrected chi connectivity index (χ4v) is 8.15. The predicted molar refractivity (Wildman–Crippen MR) is 133 cm³/mol. The van der Waals surface area contributed by atoms with Crippen molar-refractivity contribution >= 4 is 5.78 Å². The number of piperidine rings is 1. The first-order valence-corrected chi connectivity index (χ1v) is 13.5. The molecule has 5 aliphatic rings. The van der Waals surface area contributed by atoms with Crippen LogP contribution in [0.25, 0.3) is 0 Å². The molecule has 2 aromatic carbocycles. The number of hydrogen-bond acceptors (Lipinski definition) is 5. The minimum Gasteiger partial charge on any atom is -0.504 e. The number of likely N-dealkylation sites (tertiary alicyclic amines) is 1. The normalized spacial score (nSPS) is 35.0. The fraction of sp³-hybridized carbons (Fsp3) is 0.567. The Kier molecular flexibility index (Phi) is 4.73. The standard InChI is InChI=1S/C30H35NO4/c1-28-25(33)13-14-30(34-17-5-8-20-6-3-2-4-7-20)24-18-22-11-12-23(32)27(35-28)26(22)29(28,30)15-16-31(24)19-21-9-10-21/h2-4,6-7,11-12,21,24,32H,5,8-10,13-19H2,1H3/t24-,28?,29+,30-/m1/s1. The van der Waals surface area contributed by atoms with Crippen molar-refractivity contribution in [1.82, 2.24) is 4.90 Å². The van der Waals surface area contributed by atoms with Gasteiger partial charge in [0, 0.05) is 31.2 Å². The van der Waals surface area contributed by atoms with Gasteiger partial charge in [-0.3, -0.25) is 9.69 Å². The van der Waals surface area contributed by atoms with Crippen LogP contribution in [0, 0.1) is 5.92 Å². The van der Waals surface area contributed by atoms with Gasteiger partial charge in [-0.25, -0.2) is 0 Å². The monoisotopic (exact) mass is 473 g/mol. The molecule has 184 valence electrons. The van der Waals surface area contributed by atoms with Crippen LogP contribution in [0.15, 0.2) is 42.5 Å². The summed E-state index contributed by atoms with van der Waals surface area (Å²) in [6.07, 6.45) is 7.51. The summed E-state index contributed by atoms with van der Waals surface area (Å²) < 4.78 is 13.7. The van der Waals surface area contributed by atoms with E-state index in [4.69, 9.17) is 9.47 Å². The number of rotatable bonds is 7. The zero-order chi connectivity index (χ0) is 23.8. The zero-order valence-corrected chi connectivity index (χ0v) is 20.6. The SMILES string of the molecule is CC12Oc3c(O)ccc4c3[C@@]13CCN(CC1CC1)[C@H](C4)[C@]3(OCCCc1ccccc1)CCC2=O. The van der Waals surface area contributed by atoms with Gasteiger partial charge in [0.05, 0.1) is 11.0 Å². The van der Waals surface area contributed by atoms with Crippen molar-refractivity contribution in [2.24, 2.45) is 5.92 Å². The molecule has 1 saturated heterocycles. The van der Waals surface area contributed by atoms with E-state index in [1.807, 2.05) is 6.92 Å². The highest BCUT2D eigenvalue weighted by Crippen LogP contribution is 2.69. The average molecular weight is 474 g/mol. The molecule has 0 radical (unpaired) electrons. The Labute approximate surface area is 207 Å². The van der Waals surface area contributed by atoms with Crippen molar-refractivity contribution < 1.29 is 19.4 Å². The fourth-order valence-electron chi connectivity index (χ4n) is 8.15. The summed E-state index contributed by atoms with van der Waals surface area (Å²) in [7, 11) is 0. The number of phenols is 1. The van der Waals surface area contributed by atoms with Gasteiger partial charge in [0.25, 0.3) is 0 Å². The second kappa shape index (κ2) is 7.57. The summed E-state index contributed by atoms with van der Waals surface area (Å²) in [6, 6.07) is 14.6. The van der Waals surface area contributed by atoms with Gasteiger partial charge >= 0.3 is 0 Å². The van der Waals surface area contributed by atoms with E-state index in [9.17, 15) is 9.90 Å². The molecule has 3 aliphatic carbocycles. The summed E-state index contributed by atoms with van der Waals surface area (Å²) in [6.45, 7) is 4.73. The summed E-state index contributed by atoms with van der Waals surface area (Å²) in [5, 5.41) is 10.8. The van der Waals surface area contributed by atoms with Crippen LogP contribution in [0.4, 0.5) is 0 Å². The highest BCUT2D eigenvalue weighted by molar-refractivity contribution is 5.94. The van der Waals surface area contributed by atoms with Crippen LogP contribution in [0.5, 0.6) is 11.5 Å². The molecule has 0 amide bonds. The lowest BCUT2D eigenvalue weighted by Crippen LogP contribution is -2.80. The van der Waals surface area contributed by atoms with E-state index >= 15 is 0 Å². The second-order valence-electron chi connectivity index (χ2n) is 11.6. The highest BCUT2D eigenvalue weighted by atomic mass is 16.5. The topological polar surface area (TPSA) is 59.0 Å². The van der Waals surface area contributed by atoms with E-state index in [2.05, 4.69) is 41.3 Å². The maximum atomic E-state index is 13.6. The lowest BCUT2D eigenvalue weighted by Gasteiger charge is -2.66. The van der Waals surface area contributed by atoms with Gasteiger partial charge in [-0.05, 0) is 81.5 Å². The number of carbonyl (C=O) groups excluding carboxylic acids is 1. The lowest BCUT2D eigenvalue weighted by molar-refractivity contribution is -0.231. The predicted octanol–water partition coefficient (Wildman–Crippen LogP) is 4.57. The summed E-state index contributed by atoms with van der Waals surface area (Å²) in [5.41, 5.74) is 1.60. The first-order chi connectivity index (χ1) is 17.0. The molecule has 0 aromatic heterocycles. The molecule has 4 atom stereocenters. The van der Waals surface area contributed by atoms with Gasteiger partial charge in [0.15, 0.2) is 22.9 Å². The van der Waals surface area contributed by atoms with E-state index < -0.39 is 16.6 Å². The summed E-state index contributed by atoms with van der Waals surface area (Å²) >= 11 is 0. The van der Waals surface area contributed by atoms with Gasteiger partial charge < -0.3 is 14.6 Å². The number of ketones is 1. The molecule has 1 N–H and O–H groups in total. The molecule has 2 bridgehead atoms. The number of Topliss-reactive ketones (excluding diaryl/α,β-unsaturated/α-hetero) is 1. The molecular weight excluding hydrogens is 438 g/mol. The number of carbonyl (C=O) groups is 1. The van der Waals surface area contributed by atoms with Gasteiger partial charge in [0.2, 0.25) is 0 Å². The lowest BCUT2D eigenvalue weighted by atomic mass is 9.45. The molecule has 2 heterocycles. The molecule has 1 spiro atoms. The van der Waals surface area contributed by atoms with Crippen LogP contribution in [-0.4, -0.2) is 52.7 Å². The maximum absolute atomic E-state index is 13.6. The number of ether oxygens (including phenoxy) is 2. The molecule has 1 unspecified atom stereocenters. The zero-order valence-electron chi connectivity index (χ0n) is 20.6. The van der Waals surface area contributed by atoms with E-state index in [-0.39, 0.29) is 17.6 Å². The minimum atomic E-state index is -0.995. The van der Waals surface area contributed by atoms with Crippen molar-refractivity contribution in [1.29, 1.82) is 0 Å². The Hall–Kier alpha value is -2.37. The van der Waals surface area contributed by atoms with E-state index in [1.165, 1.54) is 24.0 Å². The third-order valence-electron chi connectivity index (χ3n) is 9.92.